The van der Waals surface area contributed by atoms with Gasteiger partial charge in [0.05, 0.1) is 16.8 Å². The van der Waals surface area contributed by atoms with Crippen molar-refractivity contribution in [1.29, 1.82) is 0 Å². The summed E-state index contributed by atoms with van der Waals surface area (Å²) in [6.45, 7) is 4.04. The highest BCUT2D eigenvalue weighted by Gasteiger charge is 2.30. The van der Waals surface area contributed by atoms with Gasteiger partial charge in [0.1, 0.15) is 11.5 Å². The molecule has 5 nitrogen and oxygen atoms in total. The van der Waals surface area contributed by atoms with Crippen LogP contribution >= 0.6 is 11.6 Å². The molecule has 3 aromatic carbocycles. The molecule has 0 bridgehead atoms. The molecule has 0 saturated carbocycles. The van der Waals surface area contributed by atoms with E-state index in [2.05, 4.69) is 12.1 Å². The van der Waals surface area contributed by atoms with Crippen LogP contribution in [0.3, 0.4) is 0 Å². The molecule has 5 rings (SSSR count). The number of hydrogen-bond donors (Lipinski definition) is 2. The number of halogens is 1. The van der Waals surface area contributed by atoms with Crippen LogP contribution in [0.25, 0.3) is 22.2 Å². The van der Waals surface area contributed by atoms with Gasteiger partial charge < -0.3 is 15.1 Å². The minimum absolute atomic E-state index is 0.0191. The summed E-state index contributed by atoms with van der Waals surface area (Å²) in [5.41, 5.74) is 5.90. The third-order valence-corrected chi connectivity index (χ3v) is 6.52. The summed E-state index contributed by atoms with van der Waals surface area (Å²) in [4.78, 5) is 20.0. The van der Waals surface area contributed by atoms with Crippen LogP contribution in [0.4, 0.5) is 5.69 Å². The van der Waals surface area contributed by atoms with Gasteiger partial charge >= 0.3 is 0 Å². The Morgan fingerprint density at radius 2 is 1.88 bits per heavy atom. The number of amides is 1. The van der Waals surface area contributed by atoms with E-state index in [9.17, 15) is 15.0 Å². The molecule has 0 unspecified atom stereocenters. The van der Waals surface area contributed by atoms with Gasteiger partial charge in [0, 0.05) is 33.8 Å². The summed E-state index contributed by atoms with van der Waals surface area (Å²) in [6, 6.07) is 17.9. The first-order chi connectivity index (χ1) is 15.8. The molecule has 1 aromatic heterocycles. The summed E-state index contributed by atoms with van der Waals surface area (Å²) in [7, 11) is 0. The van der Waals surface area contributed by atoms with Crippen LogP contribution in [0.1, 0.15) is 34.8 Å². The van der Waals surface area contributed by atoms with Crippen LogP contribution in [-0.4, -0.2) is 27.1 Å². The first kappa shape index (κ1) is 21.3. The molecule has 1 aliphatic heterocycles. The van der Waals surface area contributed by atoms with E-state index in [1.165, 1.54) is 18.2 Å². The van der Waals surface area contributed by atoms with Crippen molar-refractivity contribution in [1.82, 2.24) is 4.98 Å². The molecule has 166 valence electrons. The zero-order valence-corrected chi connectivity index (χ0v) is 19.1. The molecule has 2 heterocycles. The largest absolute Gasteiger partial charge is 0.508 e. The topological polar surface area (TPSA) is 73.7 Å². The van der Waals surface area contributed by atoms with Gasteiger partial charge in [0.2, 0.25) is 0 Å². The molecule has 1 atom stereocenters. The number of carbonyl (C=O) groups excluding carboxylic acids is 1. The molecular formula is C27H23ClN2O3. The summed E-state index contributed by atoms with van der Waals surface area (Å²) in [6.07, 6.45) is 1.65. The molecule has 0 radical (unpaired) electrons. The van der Waals surface area contributed by atoms with E-state index < -0.39 is 0 Å². The lowest BCUT2D eigenvalue weighted by atomic mass is 9.92. The minimum Gasteiger partial charge on any atom is -0.508 e. The molecule has 0 fully saturated rings. The molecule has 0 aliphatic carbocycles. The molecule has 1 amide bonds. The van der Waals surface area contributed by atoms with Gasteiger partial charge in [0.25, 0.3) is 5.91 Å². The van der Waals surface area contributed by atoms with E-state index in [1.807, 2.05) is 44.2 Å². The fraction of sp³-hybridized carbons (Fsp3) is 0.185. The van der Waals surface area contributed by atoms with Crippen LogP contribution in [0.2, 0.25) is 5.02 Å². The number of nitrogens with zero attached hydrogens (tertiary/aromatic N) is 2. The highest BCUT2D eigenvalue weighted by atomic mass is 35.5. The van der Waals surface area contributed by atoms with E-state index in [4.69, 9.17) is 16.6 Å². The van der Waals surface area contributed by atoms with Crippen molar-refractivity contribution in [3.05, 3.63) is 82.4 Å². The Bertz CT molecular complexity index is 1420. The number of pyridine rings is 1. The molecule has 2 N–H and O–H groups in total. The predicted octanol–water partition coefficient (Wildman–Crippen LogP) is 6.26. The highest BCUT2D eigenvalue weighted by molar-refractivity contribution is 6.31. The lowest BCUT2D eigenvalue weighted by Gasteiger charge is -2.35. The molecule has 0 spiro atoms. The van der Waals surface area contributed by atoms with Crippen LogP contribution < -0.4 is 4.90 Å². The average Bonchev–Trinajstić information content (AvgIpc) is 2.78. The normalized spacial score (nSPS) is 15.5. The number of aryl methyl sites for hydroxylation is 2. The second kappa shape index (κ2) is 8.09. The number of phenols is 2. The van der Waals surface area contributed by atoms with Crippen molar-refractivity contribution < 1.29 is 15.0 Å². The van der Waals surface area contributed by atoms with Gasteiger partial charge in [0.15, 0.2) is 0 Å². The number of aromatic hydroxyl groups is 2. The van der Waals surface area contributed by atoms with E-state index in [1.54, 1.807) is 4.90 Å². The first-order valence-corrected chi connectivity index (χ1v) is 11.3. The first-order valence-electron chi connectivity index (χ1n) is 10.9. The Morgan fingerprint density at radius 3 is 2.67 bits per heavy atom. The van der Waals surface area contributed by atoms with Crippen molar-refractivity contribution in [3.63, 3.8) is 0 Å². The SMILES string of the molecule is Cc1cc2cc(Cl)ccc2nc1-c1ccc2c(c1)CC[C@H](C)N2C(=O)c1ccc(O)cc1O. The van der Waals surface area contributed by atoms with Crippen LogP contribution in [0, 0.1) is 6.92 Å². The molecule has 33 heavy (non-hydrogen) atoms. The third-order valence-electron chi connectivity index (χ3n) is 6.28. The van der Waals surface area contributed by atoms with Crippen molar-refractivity contribution in [3.8, 4) is 22.8 Å². The van der Waals surface area contributed by atoms with Crippen LogP contribution in [-0.2, 0) is 6.42 Å². The molecule has 0 saturated heterocycles. The highest BCUT2D eigenvalue weighted by Crippen LogP contribution is 2.37. The van der Waals surface area contributed by atoms with Gasteiger partial charge in [-0.05, 0) is 86.3 Å². The number of phenolic OH excluding ortho intramolecular Hbond substituents is 2. The van der Waals surface area contributed by atoms with E-state index in [0.717, 1.165) is 51.8 Å². The minimum atomic E-state index is -0.286. The Hall–Kier alpha value is -3.57. The Morgan fingerprint density at radius 1 is 1.06 bits per heavy atom. The Kier molecular flexibility index (Phi) is 5.22. The van der Waals surface area contributed by atoms with Gasteiger partial charge in [-0.25, -0.2) is 4.98 Å². The van der Waals surface area contributed by atoms with Gasteiger partial charge in [-0.1, -0.05) is 17.7 Å². The predicted molar refractivity (Wildman–Crippen MR) is 131 cm³/mol. The smallest absolute Gasteiger partial charge is 0.262 e. The maximum Gasteiger partial charge on any atom is 0.262 e. The molecule has 1 aliphatic rings. The van der Waals surface area contributed by atoms with E-state index in [-0.39, 0.29) is 29.0 Å². The number of anilines is 1. The van der Waals surface area contributed by atoms with E-state index in [0.29, 0.717) is 5.02 Å². The lowest BCUT2D eigenvalue weighted by molar-refractivity contribution is 0.0972. The quantitative estimate of drug-likeness (QED) is 0.372. The second-order valence-electron chi connectivity index (χ2n) is 8.60. The standard InChI is InChI=1S/C27H23ClN2O3/c1-15-11-19-13-20(28)6-9-23(19)29-26(15)18-5-10-24-17(12-18)4-3-16(2)30(24)27(33)22-8-7-21(31)14-25(22)32/h5-14,16,31-32H,3-4H2,1-2H3/t16-/m0/s1. The van der Waals surface area contributed by atoms with Gasteiger partial charge in [-0.3, -0.25) is 4.79 Å². The van der Waals surface area contributed by atoms with Gasteiger partial charge in [-0.15, -0.1) is 0 Å². The molecular weight excluding hydrogens is 436 g/mol. The Labute approximate surface area is 196 Å². The van der Waals surface area contributed by atoms with Crippen molar-refractivity contribution in [2.24, 2.45) is 0 Å². The summed E-state index contributed by atoms with van der Waals surface area (Å²) < 4.78 is 0. The number of carbonyl (C=O) groups is 1. The van der Waals surface area contributed by atoms with Gasteiger partial charge in [-0.2, -0.15) is 0 Å². The summed E-state index contributed by atoms with van der Waals surface area (Å²) in [5.74, 6) is -0.598. The fourth-order valence-corrected chi connectivity index (χ4v) is 4.77. The number of fused-ring (bicyclic) bond motifs is 2. The maximum atomic E-state index is 13.3. The number of hydrogen-bond acceptors (Lipinski definition) is 4. The number of benzene rings is 3. The summed E-state index contributed by atoms with van der Waals surface area (Å²) in [5, 5.41) is 21.5. The Balaban J connectivity index is 1.56. The second-order valence-corrected chi connectivity index (χ2v) is 9.04. The molecule has 6 heteroatoms. The van der Waals surface area contributed by atoms with Crippen LogP contribution in [0.15, 0.2) is 60.7 Å². The zero-order valence-electron chi connectivity index (χ0n) is 18.3. The van der Waals surface area contributed by atoms with Crippen LogP contribution in [0.5, 0.6) is 11.5 Å². The monoisotopic (exact) mass is 458 g/mol. The zero-order chi connectivity index (χ0) is 23.3. The number of aromatic nitrogens is 1. The molecule has 4 aromatic rings. The third kappa shape index (κ3) is 3.79. The average molecular weight is 459 g/mol. The summed E-state index contributed by atoms with van der Waals surface area (Å²) >= 11 is 6.13. The lowest BCUT2D eigenvalue weighted by Crippen LogP contribution is -2.42. The fourth-order valence-electron chi connectivity index (χ4n) is 4.58. The van der Waals surface area contributed by atoms with Crippen molar-refractivity contribution in [2.45, 2.75) is 32.7 Å². The van der Waals surface area contributed by atoms with E-state index >= 15 is 0 Å². The number of rotatable bonds is 2. The maximum absolute atomic E-state index is 13.3. The van der Waals surface area contributed by atoms with Crippen molar-refractivity contribution in [2.75, 3.05) is 4.90 Å². The van der Waals surface area contributed by atoms with Crippen molar-refractivity contribution >= 4 is 34.1 Å².